The molecule has 1 aliphatic carbocycles. The first-order valence-electron chi connectivity index (χ1n) is 6.03. The van der Waals surface area contributed by atoms with E-state index in [1.165, 1.54) is 0 Å². The number of aromatic nitrogens is 2. The predicted octanol–water partition coefficient (Wildman–Crippen LogP) is 3.14. The highest BCUT2D eigenvalue weighted by Gasteiger charge is 2.34. The fourth-order valence-electron chi connectivity index (χ4n) is 2.54. The van der Waals surface area contributed by atoms with Gasteiger partial charge in [-0.2, -0.15) is 0 Å². The fraction of sp³-hybridized carbons (Fsp3) is 0. The van der Waals surface area contributed by atoms with E-state index in [1.54, 1.807) is 22.7 Å². The molecule has 0 saturated heterocycles. The highest BCUT2D eigenvalue weighted by molar-refractivity contribution is 9.10. The molecule has 0 spiro atoms. The number of halogens is 1. The predicted molar refractivity (Wildman–Crippen MR) is 77.0 cm³/mol. The molecule has 1 aromatic carbocycles. The Hall–Kier alpha value is -2.27. The molecule has 2 aromatic heterocycles. The molecule has 0 bridgehead atoms. The summed E-state index contributed by atoms with van der Waals surface area (Å²) in [5.41, 5.74) is 2.70. The van der Waals surface area contributed by atoms with Crippen LogP contribution >= 0.6 is 15.9 Å². The molecule has 5 heteroatoms. The van der Waals surface area contributed by atoms with Crippen LogP contribution in [0.1, 0.15) is 20.8 Å². The number of hydrogen-bond acceptors (Lipinski definition) is 3. The van der Waals surface area contributed by atoms with Gasteiger partial charge in [-0.15, -0.1) is 0 Å². The monoisotopic (exact) mass is 326 g/mol. The molecular formula is C15H7BrN2O2. The Labute approximate surface area is 122 Å². The highest BCUT2D eigenvalue weighted by atomic mass is 79.9. The third kappa shape index (κ3) is 1.38. The Kier molecular flexibility index (Phi) is 2.23. The number of imidazole rings is 1. The van der Waals surface area contributed by atoms with E-state index in [-0.39, 0.29) is 0 Å². The Morgan fingerprint density at radius 2 is 1.70 bits per heavy atom. The number of Topliss-reactive ketones (excluding diaryl/α,β-unsaturated/α-hetero) is 2. The van der Waals surface area contributed by atoms with Crippen molar-refractivity contribution in [1.82, 2.24) is 9.38 Å². The average Bonchev–Trinajstić information content (AvgIpc) is 2.83. The van der Waals surface area contributed by atoms with Gasteiger partial charge in [0.25, 0.3) is 5.78 Å². The summed E-state index contributed by atoms with van der Waals surface area (Å²) in [6.45, 7) is 0. The molecule has 0 atom stereocenters. The van der Waals surface area contributed by atoms with Gasteiger partial charge >= 0.3 is 0 Å². The number of fused-ring (bicyclic) bond motifs is 5. The summed E-state index contributed by atoms with van der Waals surface area (Å²) in [5.74, 6) is -0.987. The first-order chi connectivity index (χ1) is 9.66. The molecule has 0 N–H and O–H groups in total. The SMILES string of the molecule is O=C1C(=O)c2c(nc3ccc(Br)cn23)-c2ccccc21. The van der Waals surface area contributed by atoms with Crippen LogP contribution in [-0.4, -0.2) is 21.0 Å². The molecule has 1 aliphatic rings. The number of rotatable bonds is 0. The van der Waals surface area contributed by atoms with Gasteiger partial charge in [-0.25, -0.2) is 4.98 Å². The minimum absolute atomic E-state index is 0.338. The molecule has 4 rings (SSSR count). The zero-order chi connectivity index (χ0) is 13.9. The molecule has 20 heavy (non-hydrogen) atoms. The van der Waals surface area contributed by atoms with Crippen molar-refractivity contribution >= 4 is 33.1 Å². The molecule has 0 saturated carbocycles. The van der Waals surface area contributed by atoms with Crippen LogP contribution in [0.4, 0.5) is 0 Å². The minimum atomic E-state index is -0.510. The maximum Gasteiger partial charge on any atom is 0.252 e. The molecule has 2 heterocycles. The summed E-state index contributed by atoms with van der Waals surface area (Å²) in [5, 5.41) is 0. The number of carbonyl (C=O) groups is 2. The Balaban J connectivity index is 2.18. The largest absolute Gasteiger partial charge is 0.295 e. The van der Waals surface area contributed by atoms with Crippen LogP contribution in [0.25, 0.3) is 16.9 Å². The lowest BCUT2D eigenvalue weighted by atomic mass is 9.90. The Morgan fingerprint density at radius 3 is 2.50 bits per heavy atom. The van der Waals surface area contributed by atoms with Crippen LogP contribution in [0.2, 0.25) is 0 Å². The summed E-state index contributed by atoms with van der Waals surface area (Å²) in [7, 11) is 0. The topological polar surface area (TPSA) is 51.4 Å². The average molecular weight is 327 g/mol. The molecule has 0 fully saturated rings. The zero-order valence-corrected chi connectivity index (χ0v) is 11.7. The summed E-state index contributed by atoms with van der Waals surface area (Å²) in [6, 6.07) is 10.7. The zero-order valence-electron chi connectivity index (χ0n) is 10.1. The standard InChI is InChI=1S/C15H7BrN2O2/c16-8-5-6-11-17-12-9-3-1-2-4-10(9)14(19)15(20)13(12)18(11)7-8/h1-7H. The number of carbonyl (C=O) groups excluding carboxylic acids is 2. The lowest BCUT2D eigenvalue weighted by molar-refractivity contribution is 0.0812. The molecular weight excluding hydrogens is 320 g/mol. The molecule has 0 aliphatic heterocycles. The van der Waals surface area contributed by atoms with Crippen molar-refractivity contribution < 1.29 is 9.59 Å². The number of ketones is 2. The Bertz CT molecular complexity index is 911. The fourth-order valence-corrected chi connectivity index (χ4v) is 2.88. The van der Waals surface area contributed by atoms with Crippen LogP contribution < -0.4 is 0 Å². The minimum Gasteiger partial charge on any atom is -0.295 e. The van der Waals surface area contributed by atoms with E-state index >= 15 is 0 Å². The second-order valence-electron chi connectivity index (χ2n) is 4.59. The van der Waals surface area contributed by atoms with Crippen LogP contribution in [-0.2, 0) is 0 Å². The lowest BCUT2D eigenvalue weighted by Gasteiger charge is -2.13. The van der Waals surface area contributed by atoms with Gasteiger partial charge < -0.3 is 0 Å². The summed E-state index contributed by atoms with van der Waals surface area (Å²) in [4.78, 5) is 29.0. The molecule has 4 nitrogen and oxygen atoms in total. The second-order valence-corrected chi connectivity index (χ2v) is 5.50. The smallest absolute Gasteiger partial charge is 0.252 e. The van der Waals surface area contributed by atoms with E-state index < -0.39 is 11.6 Å². The third-order valence-corrected chi connectivity index (χ3v) is 3.90. The molecule has 3 aromatic rings. The molecule has 0 unspecified atom stereocenters. The van der Waals surface area contributed by atoms with Crippen molar-refractivity contribution in [3.05, 3.63) is 58.3 Å². The van der Waals surface area contributed by atoms with E-state index in [1.807, 2.05) is 24.3 Å². The maximum atomic E-state index is 12.3. The number of nitrogens with zero attached hydrogens (tertiary/aromatic N) is 2. The number of pyridine rings is 1. The van der Waals surface area contributed by atoms with Gasteiger partial charge in [-0.05, 0) is 28.1 Å². The van der Waals surface area contributed by atoms with Gasteiger partial charge in [-0.3, -0.25) is 14.0 Å². The van der Waals surface area contributed by atoms with Crippen molar-refractivity contribution in [2.75, 3.05) is 0 Å². The molecule has 0 amide bonds. The first kappa shape index (κ1) is 11.5. The van der Waals surface area contributed by atoms with Gasteiger partial charge in [0.1, 0.15) is 17.0 Å². The van der Waals surface area contributed by atoms with Crippen LogP contribution in [0.3, 0.4) is 0 Å². The van der Waals surface area contributed by atoms with E-state index in [0.29, 0.717) is 28.2 Å². The summed E-state index contributed by atoms with van der Waals surface area (Å²) < 4.78 is 2.49. The van der Waals surface area contributed by atoms with Crippen LogP contribution in [0.15, 0.2) is 47.1 Å². The van der Waals surface area contributed by atoms with Crippen molar-refractivity contribution in [3.63, 3.8) is 0 Å². The van der Waals surface area contributed by atoms with Gasteiger partial charge in [0.05, 0.1) is 0 Å². The van der Waals surface area contributed by atoms with E-state index in [0.717, 1.165) is 4.47 Å². The van der Waals surface area contributed by atoms with Crippen LogP contribution in [0, 0.1) is 0 Å². The van der Waals surface area contributed by atoms with Gasteiger partial charge in [-0.1, -0.05) is 24.3 Å². The first-order valence-corrected chi connectivity index (χ1v) is 6.82. The third-order valence-electron chi connectivity index (χ3n) is 3.43. The van der Waals surface area contributed by atoms with Gasteiger partial charge in [0, 0.05) is 21.8 Å². The quantitative estimate of drug-likeness (QED) is 0.596. The van der Waals surface area contributed by atoms with Crippen molar-refractivity contribution in [3.8, 4) is 11.3 Å². The van der Waals surface area contributed by atoms with Crippen LogP contribution in [0.5, 0.6) is 0 Å². The highest BCUT2D eigenvalue weighted by Crippen LogP contribution is 2.33. The van der Waals surface area contributed by atoms with E-state index in [4.69, 9.17) is 0 Å². The maximum absolute atomic E-state index is 12.3. The van der Waals surface area contributed by atoms with E-state index in [9.17, 15) is 9.59 Å². The van der Waals surface area contributed by atoms with Gasteiger partial charge in [0.2, 0.25) is 5.78 Å². The second kappa shape index (κ2) is 3.86. The number of hydrogen-bond donors (Lipinski definition) is 0. The summed E-state index contributed by atoms with van der Waals surface area (Å²) >= 11 is 3.37. The van der Waals surface area contributed by atoms with Crippen molar-refractivity contribution in [1.29, 1.82) is 0 Å². The van der Waals surface area contributed by atoms with E-state index in [2.05, 4.69) is 20.9 Å². The molecule has 96 valence electrons. The summed E-state index contributed by atoms with van der Waals surface area (Å²) in [6.07, 6.45) is 1.75. The lowest BCUT2D eigenvalue weighted by Crippen LogP contribution is -2.22. The van der Waals surface area contributed by atoms with Crippen molar-refractivity contribution in [2.24, 2.45) is 0 Å². The number of benzene rings is 1. The van der Waals surface area contributed by atoms with Gasteiger partial charge in [0.15, 0.2) is 0 Å². The Morgan fingerprint density at radius 1 is 0.950 bits per heavy atom. The normalized spacial score (nSPS) is 13.4. The molecule has 0 radical (unpaired) electrons. The van der Waals surface area contributed by atoms with Crippen molar-refractivity contribution in [2.45, 2.75) is 0 Å².